The fourth-order valence-electron chi connectivity index (χ4n) is 4.23. The summed E-state index contributed by atoms with van der Waals surface area (Å²) in [6.45, 7) is 6.20. The van der Waals surface area contributed by atoms with Crippen LogP contribution in [-0.4, -0.2) is 53.0 Å². The Morgan fingerprint density at radius 2 is 2.10 bits per heavy atom. The molecule has 0 radical (unpaired) electrons. The van der Waals surface area contributed by atoms with Crippen molar-refractivity contribution in [3.63, 3.8) is 0 Å². The number of hydrogen-bond acceptors (Lipinski definition) is 7. The summed E-state index contributed by atoms with van der Waals surface area (Å²) in [5.74, 6) is -0.205. The number of carbonyl (C=O) groups excluding carboxylic acids is 2. The van der Waals surface area contributed by atoms with Crippen molar-refractivity contribution in [1.82, 2.24) is 4.90 Å². The summed E-state index contributed by atoms with van der Waals surface area (Å²) in [4.78, 5) is 28.3. The van der Waals surface area contributed by atoms with E-state index >= 15 is 0 Å². The Hall–Kier alpha value is -2.09. The Morgan fingerprint density at radius 1 is 1.41 bits per heavy atom. The maximum Gasteiger partial charge on any atom is 0.408 e. The van der Waals surface area contributed by atoms with Gasteiger partial charge in [-0.1, -0.05) is 30.3 Å². The number of fused-ring (bicyclic) bond motifs is 3. The third-order valence-electron chi connectivity index (χ3n) is 5.40. The Bertz CT molecular complexity index is 765. The number of allylic oxidation sites excluding steroid dienone is 1. The smallest absolute Gasteiger partial charge is 0.404 e. The van der Waals surface area contributed by atoms with Gasteiger partial charge in [-0.3, -0.25) is 9.68 Å². The van der Waals surface area contributed by atoms with Crippen LogP contribution in [0, 0.1) is 5.92 Å². The number of nitrogens with zero attached hydrogens (tertiary/aromatic N) is 1. The fraction of sp³-hybridized carbons (Fsp3) is 0.455. The van der Waals surface area contributed by atoms with Gasteiger partial charge in [0.25, 0.3) is 5.78 Å². The number of hydrogen-bond donors (Lipinski definition) is 2. The number of ketones is 1. The van der Waals surface area contributed by atoms with Crippen molar-refractivity contribution in [2.75, 3.05) is 25.1 Å². The van der Waals surface area contributed by atoms with Gasteiger partial charge in [0.2, 0.25) is 0 Å². The molecule has 0 amide bonds. The lowest BCUT2D eigenvalue weighted by Crippen LogP contribution is -2.47. The molecule has 1 aliphatic carbocycles. The SMILES string of the molecule is C=CC.CN1CC(CSCC(=O)C(=O)OO)CC2c3ccccc3/C(=C\N)CC21. The van der Waals surface area contributed by atoms with Crippen molar-refractivity contribution in [2.45, 2.75) is 31.7 Å². The fourth-order valence-corrected chi connectivity index (χ4v) is 5.22. The molecule has 158 valence electrons. The highest BCUT2D eigenvalue weighted by atomic mass is 32.2. The second kappa shape index (κ2) is 11.2. The third kappa shape index (κ3) is 5.72. The van der Waals surface area contributed by atoms with Gasteiger partial charge in [-0.15, -0.1) is 6.58 Å². The first kappa shape index (κ1) is 23.2. The topological polar surface area (TPSA) is 92.9 Å². The van der Waals surface area contributed by atoms with Crippen molar-refractivity contribution in [2.24, 2.45) is 11.7 Å². The molecule has 3 unspecified atom stereocenters. The van der Waals surface area contributed by atoms with E-state index in [1.807, 2.05) is 13.0 Å². The molecule has 7 heteroatoms. The summed E-state index contributed by atoms with van der Waals surface area (Å²) in [5, 5.41) is 8.25. The van der Waals surface area contributed by atoms with E-state index in [0.717, 1.165) is 25.1 Å². The first-order valence-corrected chi connectivity index (χ1v) is 10.9. The maximum absolute atomic E-state index is 11.5. The van der Waals surface area contributed by atoms with Crippen LogP contribution in [0.4, 0.5) is 0 Å². The van der Waals surface area contributed by atoms with Gasteiger partial charge in [-0.05, 0) is 61.4 Å². The lowest BCUT2D eigenvalue weighted by molar-refractivity contribution is -0.231. The zero-order valence-corrected chi connectivity index (χ0v) is 17.9. The van der Waals surface area contributed by atoms with Crippen LogP contribution in [0.1, 0.15) is 36.8 Å². The molecule has 0 aromatic heterocycles. The quantitative estimate of drug-likeness (QED) is 0.328. The highest BCUT2D eigenvalue weighted by molar-refractivity contribution is 8.00. The molecule has 29 heavy (non-hydrogen) atoms. The van der Waals surface area contributed by atoms with E-state index in [9.17, 15) is 9.59 Å². The van der Waals surface area contributed by atoms with Crippen molar-refractivity contribution in [1.29, 1.82) is 0 Å². The number of rotatable bonds is 5. The molecule has 3 atom stereocenters. The highest BCUT2D eigenvalue weighted by Gasteiger charge is 2.39. The van der Waals surface area contributed by atoms with Gasteiger partial charge in [0, 0.05) is 18.5 Å². The Labute approximate surface area is 176 Å². The number of piperidine rings is 1. The molecule has 6 nitrogen and oxygen atoms in total. The van der Waals surface area contributed by atoms with Crippen LogP contribution >= 0.6 is 11.8 Å². The summed E-state index contributed by atoms with van der Waals surface area (Å²) in [6, 6.07) is 8.90. The van der Waals surface area contributed by atoms with E-state index in [4.69, 9.17) is 11.0 Å². The van der Waals surface area contributed by atoms with Crippen LogP contribution in [0.15, 0.2) is 43.1 Å². The standard InChI is InChI=1S/C19H24N2O4S.C3H6/c1-21-9-12(10-26-11-18(22)19(23)25-24)6-16-15-5-3-2-4-14(15)13(8-20)7-17(16)21;1-3-2/h2-5,8,12,16-17,24H,6-7,9-11,20H2,1H3;3H,1H2,2H3/b13-8-;. The molecular formula is C22H30N2O4S. The molecule has 0 saturated carbocycles. The molecule has 1 saturated heterocycles. The van der Waals surface area contributed by atoms with E-state index in [1.165, 1.54) is 28.5 Å². The van der Waals surface area contributed by atoms with Gasteiger partial charge in [0.15, 0.2) is 0 Å². The minimum Gasteiger partial charge on any atom is -0.404 e. The summed E-state index contributed by atoms with van der Waals surface area (Å²) in [7, 11) is 2.14. The number of Topliss-reactive ketones (excluding diaryl/α,β-unsaturated/α-hetero) is 1. The summed E-state index contributed by atoms with van der Waals surface area (Å²) >= 11 is 1.42. The average Bonchev–Trinajstić information content (AvgIpc) is 2.73. The average molecular weight is 419 g/mol. The van der Waals surface area contributed by atoms with Gasteiger partial charge < -0.3 is 10.6 Å². The molecule has 1 aromatic rings. The predicted molar refractivity (Wildman–Crippen MR) is 117 cm³/mol. The van der Waals surface area contributed by atoms with Gasteiger partial charge in [0.05, 0.1) is 5.75 Å². The number of thioether (sulfide) groups is 1. The highest BCUT2D eigenvalue weighted by Crippen LogP contribution is 2.46. The van der Waals surface area contributed by atoms with Crippen LogP contribution < -0.4 is 5.73 Å². The van der Waals surface area contributed by atoms with Crippen LogP contribution in [0.3, 0.4) is 0 Å². The van der Waals surface area contributed by atoms with Crippen LogP contribution in [0.5, 0.6) is 0 Å². The Balaban J connectivity index is 0.000000941. The van der Waals surface area contributed by atoms with Crippen molar-refractivity contribution in [3.8, 4) is 0 Å². The minimum atomic E-state index is -1.19. The van der Waals surface area contributed by atoms with E-state index in [-0.39, 0.29) is 5.75 Å². The number of likely N-dealkylation sites (N-methyl/N-ethyl adjacent to an activating group) is 1. The zero-order valence-electron chi connectivity index (χ0n) is 17.0. The second-order valence-electron chi connectivity index (χ2n) is 7.42. The van der Waals surface area contributed by atoms with Crippen LogP contribution in [0.2, 0.25) is 0 Å². The van der Waals surface area contributed by atoms with E-state index < -0.39 is 11.8 Å². The number of carbonyl (C=O) groups is 2. The molecule has 1 aromatic carbocycles. The lowest BCUT2D eigenvalue weighted by atomic mass is 9.70. The molecule has 1 fully saturated rings. The van der Waals surface area contributed by atoms with Crippen LogP contribution in [-0.2, 0) is 14.5 Å². The summed E-state index contributed by atoms with van der Waals surface area (Å²) in [5.41, 5.74) is 9.67. The van der Waals surface area contributed by atoms with Crippen LogP contribution in [0.25, 0.3) is 5.57 Å². The maximum atomic E-state index is 11.5. The molecule has 1 heterocycles. The molecule has 0 bridgehead atoms. The number of benzene rings is 1. The summed E-state index contributed by atoms with van der Waals surface area (Å²) < 4.78 is 0. The molecule has 3 N–H and O–H groups in total. The molecule has 1 aliphatic heterocycles. The molecule has 0 spiro atoms. The first-order valence-electron chi connectivity index (χ1n) is 9.70. The van der Waals surface area contributed by atoms with Crippen molar-refractivity contribution < 1.29 is 19.7 Å². The van der Waals surface area contributed by atoms with Gasteiger partial charge in [-0.2, -0.15) is 17.0 Å². The van der Waals surface area contributed by atoms with Crippen molar-refractivity contribution >= 4 is 29.1 Å². The zero-order chi connectivity index (χ0) is 21.4. The lowest BCUT2D eigenvalue weighted by Gasteiger charge is -2.47. The van der Waals surface area contributed by atoms with Gasteiger partial charge >= 0.3 is 5.97 Å². The minimum absolute atomic E-state index is 0.0321. The Morgan fingerprint density at radius 3 is 2.76 bits per heavy atom. The molecule has 2 aliphatic rings. The summed E-state index contributed by atoms with van der Waals surface area (Å²) in [6.07, 6.45) is 5.49. The number of nitrogens with two attached hydrogens (primary N) is 1. The van der Waals surface area contributed by atoms with Gasteiger partial charge in [-0.25, -0.2) is 4.79 Å². The second-order valence-corrected chi connectivity index (χ2v) is 8.45. The van der Waals surface area contributed by atoms with E-state index in [2.05, 4.69) is 41.6 Å². The third-order valence-corrected chi connectivity index (χ3v) is 6.57. The Kier molecular flexibility index (Phi) is 8.95. The first-order chi connectivity index (χ1) is 14.0. The normalized spacial score (nSPS) is 24.5. The predicted octanol–water partition coefficient (Wildman–Crippen LogP) is 3.30. The molecular weight excluding hydrogens is 388 g/mol. The van der Waals surface area contributed by atoms with Gasteiger partial charge in [0.1, 0.15) is 0 Å². The largest absolute Gasteiger partial charge is 0.408 e. The van der Waals surface area contributed by atoms with Crippen molar-refractivity contribution in [3.05, 3.63) is 54.2 Å². The van der Waals surface area contributed by atoms with E-state index in [1.54, 1.807) is 12.3 Å². The van der Waals surface area contributed by atoms with E-state index in [0.29, 0.717) is 17.9 Å². The number of likely N-dealkylation sites (tertiary alicyclic amines) is 1. The molecule has 3 rings (SSSR count). The monoisotopic (exact) mass is 418 g/mol.